The molecule has 0 atom stereocenters. The Labute approximate surface area is 143 Å². The van der Waals surface area contributed by atoms with Crippen molar-refractivity contribution in [2.45, 2.75) is 33.6 Å². The lowest BCUT2D eigenvalue weighted by Gasteiger charge is -2.26. The Morgan fingerprint density at radius 1 is 0.792 bits per heavy atom. The third-order valence-electron chi connectivity index (χ3n) is 4.60. The normalized spacial score (nSPS) is 13.2. The van der Waals surface area contributed by atoms with Crippen LogP contribution in [0.2, 0.25) is 0 Å². The molecule has 0 unspecified atom stereocenters. The van der Waals surface area contributed by atoms with Gasteiger partial charge in [0.05, 0.1) is 5.69 Å². The maximum atomic E-state index is 4.78. The molecule has 0 amide bonds. The van der Waals surface area contributed by atoms with Gasteiger partial charge in [0.1, 0.15) is 11.6 Å². The highest BCUT2D eigenvalue weighted by Crippen LogP contribution is 2.40. The Balaban J connectivity index is 2.01. The highest BCUT2D eigenvalue weighted by Gasteiger charge is 2.25. The SMILES string of the molecule is Cc1cnc2c(c1)CCc1cc(C)cnc1N2c1ccccc1C. The average molecular weight is 315 g/mol. The zero-order valence-corrected chi connectivity index (χ0v) is 14.4. The second kappa shape index (κ2) is 5.75. The van der Waals surface area contributed by atoms with E-state index in [2.05, 4.69) is 62.1 Å². The minimum atomic E-state index is 0.991. The van der Waals surface area contributed by atoms with Crippen molar-refractivity contribution in [2.24, 2.45) is 0 Å². The van der Waals surface area contributed by atoms with Gasteiger partial charge in [-0.3, -0.25) is 4.90 Å². The Hall–Kier alpha value is -2.68. The fraction of sp³-hybridized carbons (Fsp3) is 0.238. The van der Waals surface area contributed by atoms with Gasteiger partial charge in [0.2, 0.25) is 0 Å². The van der Waals surface area contributed by atoms with E-state index in [1.54, 1.807) is 0 Å². The summed E-state index contributed by atoms with van der Waals surface area (Å²) in [6, 6.07) is 13.0. The van der Waals surface area contributed by atoms with Gasteiger partial charge in [0.25, 0.3) is 0 Å². The average Bonchev–Trinajstić information content (AvgIpc) is 2.72. The number of aryl methyl sites for hydroxylation is 5. The maximum absolute atomic E-state index is 4.78. The van der Waals surface area contributed by atoms with Crippen LogP contribution < -0.4 is 4.90 Å². The van der Waals surface area contributed by atoms with Gasteiger partial charge in [0, 0.05) is 12.4 Å². The largest absolute Gasteiger partial charge is 0.278 e. The van der Waals surface area contributed by atoms with E-state index in [1.807, 2.05) is 12.4 Å². The monoisotopic (exact) mass is 315 g/mol. The number of rotatable bonds is 1. The molecule has 0 saturated carbocycles. The number of nitrogens with zero attached hydrogens (tertiary/aromatic N) is 3. The molecule has 1 aliphatic rings. The van der Waals surface area contributed by atoms with Gasteiger partial charge in [-0.1, -0.05) is 30.3 Å². The molecule has 3 aromatic rings. The molecule has 4 rings (SSSR count). The van der Waals surface area contributed by atoms with Gasteiger partial charge < -0.3 is 0 Å². The molecule has 0 fully saturated rings. The van der Waals surface area contributed by atoms with Gasteiger partial charge in [-0.25, -0.2) is 9.97 Å². The smallest absolute Gasteiger partial charge is 0.141 e. The fourth-order valence-corrected chi connectivity index (χ4v) is 3.43. The lowest BCUT2D eigenvalue weighted by atomic mass is 10.1. The van der Waals surface area contributed by atoms with Crippen LogP contribution in [-0.4, -0.2) is 9.97 Å². The summed E-state index contributed by atoms with van der Waals surface area (Å²) in [6.45, 7) is 6.35. The second-order valence-corrected chi connectivity index (χ2v) is 6.61. The zero-order valence-electron chi connectivity index (χ0n) is 14.4. The molecule has 0 spiro atoms. The van der Waals surface area contributed by atoms with Crippen molar-refractivity contribution in [3.63, 3.8) is 0 Å². The highest BCUT2D eigenvalue weighted by molar-refractivity contribution is 5.78. The number of fused-ring (bicyclic) bond motifs is 2. The maximum Gasteiger partial charge on any atom is 0.141 e. The molecular weight excluding hydrogens is 294 g/mol. The molecule has 3 heteroatoms. The van der Waals surface area contributed by atoms with Crippen LogP contribution in [0.1, 0.15) is 27.8 Å². The standard InChI is InChI=1S/C21H21N3/c1-14-10-17-8-9-18-11-15(2)13-23-21(18)24(20(17)22-12-14)19-7-5-4-6-16(19)3/h4-7,10-13H,8-9H2,1-3H3. The third kappa shape index (κ3) is 2.46. The Bertz CT molecular complexity index is 861. The van der Waals surface area contributed by atoms with Gasteiger partial charge in [-0.2, -0.15) is 0 Å². The lowest BCUT2D eigenvalue weighted by molar-refractivity contribution is 0.960. The van der Waals surface area contributed by atoms with E-state index in [9.17, 15) is 0 Å². The molecule has 3 heterocycles. The summed E-state index contributed by atoms with van der Waals surface area (Å²) < 4.78 is 0. The quantitative estimate of drug-likeness (QED) is 0.635. The van der Waals surface area contributed by atoms with Gasteiger partial charge in [-0.05, 0) is 67.5 Å². The van der Waals surface area contributed by atoms with Gasteiger partial charge >= 0.3 is 0 Å². The number of hydrogen-bond acceptors (Lipinski definition) is 3. The van der Waals surface area contributed by atoms with Crippen LogP contribution in [0, 0.1) is 20.8 Å². The number of hydrogen-bond donors (Lipinski definition) is 0. The summed E-state index contributed by atoms with van der Waals surface area (Å²) in [4.78, 5) is 11.8. The van der Waals surface area contributed by atoms with E-state index in [-0.39, 0.29) is 0 Å². The molecule has 0 aliphatic carbocycles. The topological polar surface area (TPSA) is 29.0 Å². The van der Waals surface area contributed by atoms with E-state index in [0.717, 1.165) is 30.2 Å². The summed E-state index contributed by atoms with van der Waals surface area (Å²) in [6.07, 6.45) is 5.88. The summed E-state index contributed by atoms with van der Waals surface area (Å²) >= 11 is 0. The van der Waals surface area contributed by atoms with Crippen LogP contribution >= 0.6 is 0 Å². The van der Waals surface area contributed by atoms with E-state index >= 15 is 0 Å². The molecule has 0 bridgehead atoms. The van der Waals surface area contributed by atoms with Crippen LogP contribution in [0.15, 0.2) is 48.8 Å². The minimum absolute atomic E-state index is 0.991. The third-order valence-corrected chi connectivity index (χ3v) is 4.60. The first-order chi connectivity index (χ1) is 11.6. The summed E-state index contributed by atoms with van der Waals surface area (Å²) in [5.41, 5.74) is 7.35. The van der Waals surface area contributed by atoms with Crippen molar-refractivity contribution in [1.82, 2.24) is 9.97 Å². The second-order valence-electron chi connectivity index (χ2n) is 6.61. The number of para-hydroxylation sites is 1. The van der Waals surface area contributed by atoms with Crippen molar-refractivity contribution in [1.29, 1.82) is 0 Å². The molecule has 0 N–H and O–H groups in total. The summed E-state index contributed by atoms with van der Waals surface area (Å²) in [7, 11) is 0. The molecule has 2 aromatic heterocycles. The van der Waals surface area contributed by atoms with Crippen LogP contribution in [0.3, 0.4) is 0 Å². The van der Waals surface area contributed by atoms with E-state index in [1.165, 1.54) is 27.8 Å². The number of pyridine rings is 2. The fourth-order valence-electron chi connectivity index (χ4n) is 3.43. The van der Waals surface area contributed by atoms with Gasteiger partial charge in [-0.15, -0.1) is 0 Å². The first-order valence-corrected chi connectivity index (χ1v) is 8.40. The molecule has 1 aliphatic heterocycles. The number of anilines is 3. The van der Waals surface area contributed by atoms with Crippen molar-refractivity contribution >= 4 is 17.3 Å². The first-order valence-electron chi connectivity index (χ1n) is 8.40. The molecule has 1 aromatic carbocycles. The highest BCUT2D eigenvalue weighted by atomic mass is 15.2. The van der Waals surface area contributed by atoms with E-state index in [0.29, 0.717) is 0 Å². The predicted molar refractivity (Wildman–Crippen MR) is 98.3 cm³/mol. The van der Waals surface area contributed by atoms with Gasteiger partial charge in [0.15, 0.2) is 0 Å². The molecular formula is C21H21N3. The van der Waals surface area contributed by atoms with Crippen LogP contribution in [-0.2, 0) is 12.8 Å². The molecule has 3 nitrogen and oxygen atoms in total. The van der Waals surface area contributed by atoms with Crippen molar-refractivity contribution in [2.75, 3.05) is 4.90 Å². The zero-order chi connectivity index (χ0) is 16.7. The number of benzene rings is 1. The van der Waals surface area contributed by atoms with E-state index < -0.39 is 0 Å². The van der Waals surface area contributed by atoms with E-state index in [4.69, 9.17) is 9.97 Å². The molecule has 24 heavy (non-hydrogen) atoms. The Kier molecular flexibility index (Phi) is 3.57. The Morgan fingerprint density at radius 3 is 1.88 bits per heavy atom. The predicted octanol–water partition coefficient (Wildman–Crippen LogP) is 4.97. The van der Waals surface area contributed by atoms with Crippen molar-refractivity contribution in [3.05, 3.63) is 76.6 Å². The van der Waals surface area contributed by atoms with Crippen LogP contribution in [0.25, 0.3) is 0 Å². The lowest BCUT2D eigenvalue weighted by Crippen LogP contribution is -2.16. The molecule has 120 valence electrons. The summed E-state index contributed by atoms with van der Waals surface area (Å²) in [5, 5.41) is 0. The first kappa shape index (κ1) is 14.9. The Morgan fingerprint density at radius 2 is 1.33 bits per heavy atom. The summed E-state index contributed by atoms with van der Waals surface area (Å²) in [5.74, 6) is 2.01. The van der Waals surface area contributed by atoms with Crippen LogP contribution in [0.4, 0.5) is 17.3 Å². The van der Waals surface area contributed by atoms with Crippen molar-refractivity contribution in [3.8, 4) is 0 Å². The van der Waals surface area contributed by atoms with Crippen LogP contribution in [0.5, 0.6) is 0 Å². The van der Waals surface area contributed by atoms with Crippen molar-refractivity contribution < 1.29 is 0 Å². The molecule has 0 saturated heterocycles. The molecule has 0 radical (unpaired) electrons. The number of aromatic nitrogens is 2. The minimum Gasteiger partial charge on any atom is -0.278 e.